The van der Waals surface area contributed by atoms with E-state index in [1.165, 1.54) is 0 Å². The molecule has 0 saturated carbocycles. The first kappa shape index (κ1) is 15.0. The van der Waals surface area contributed by atoms with E-state index in [2.05, 4.69) is 5.32 Å². The maximum absolute atomic E-state index is 12.1. The van der Waals surface area contributed by atoms with Gasteiger partial charge in [-0.2, -0.15) is 0 Å². The number of aliphatic hydroxyl groups is 1. The second kappa shape index (κ2) is 7.38. The molecule has 1 amide bonds. The van der Waals surface area contributed by atoms with E-state index in [1.54, 1.807) is 0 Å². The third-order valence-electron chi connectivity index (χ3n) is 3.55. The maximum Gasteiger partial charge on any atom is 0.249 e. The molecule has 110 valence electrons. The quantitative estimate of drug-likeness (QED) is 0.694. The van der Waals surface area contributed by atoms with Crippen molar-refractivity contribution in [3.63, 3.8) is 0 Å². The Morgan fingerprint density at radius 2 is 2.15 bits per heavy atom. The highest BCUT2D eigenvalue weighted by molar-refractivity contribution is 5.81. The van der Waals surface area contributed by atoms with Crippen LogP contribution in [0, 0.1) is 0 Å². The van der Waals surface area contributed by atoms with E-state index in [1.807, 2.05) is 30.3 Å². The highest BCUT2D eigenvalue weighted by atomic mass is 16.5. The number of hydrogen-bond donors (Lipinski definition) is 3. The van der Waals surface area contributed by atoms with Crippen LogP contribution in [0.2, 0.25) is 0 Å². The molecule has 1 fully saturated rings. The molecule has 1 aliphatic rings. The fraction of sp³-hybridized carbons (Fsp3) is 0.533. The maximum atomic E-state index is 12.1. The highest BCUT2D eigenvalue weighted by Gasteiger charge is 2.30. The van der Waals surface area contributed by atoms with Crippen molar-refractivity contribution < 1.29 is 14.6 Å². The molecule has 3 atom stereocenters. The van der Waals surface area contributed by atoms with Gasteiger partial charge in [0.2, 0.25) is 5.91 Å². The predicted octanol–water partition coefficient (Wildman–Crippen LogP) is 0.213. The number of carbonyl (C=O) groups is 1. The SMILES string of the molecule is NCC1CCC(C(=O)N[C@H](CO)Cc2ccccc2)O1. The Bertz CT molecular complexity index is 424. The summed E-state index contributed by atoms with van der Waals surface area (Å²) < 4.78 is 5.55. The molecule has 0 bridgehead atoms. The van der Waals surface area contributed by atoms with Crippen molar-refractivity contribution in [3.8, 4) is 0 Å². The van der Waals surface area contributed by atoms with Crippen molar-refractivity contribution in [1.29, 1.82) is 0 Å². The van der Waals surface area contributed by atoms with Crippen LogP contribution in [0.3, 0.4) is 0 Å². The van der Waals surface area contributed by atoms with Crippen LogP contribution < -0.4 is 11.1 Å². The summed E-state index contributed by atoms with van der Waals surface area (Å²) in [5.41, 5.74) is 6.61. The van der Waals surface area contributed by atoms with Crippen molar-refractivity contribution in [2.75, 3.05) is 13.2 Å². The Labute approximate surface area is 119 Å². The number of ether oxygens (including phenoxy) is 1. The number of carbonyl (C=O) groups excluding carboxylic acids is 1. The first-order valence-corrected chi connectivity index (χ1v) is 7.03. The third kappa shape index (κ3) is 4.03. The Morgan fingerprint density at radius 3 is 2.75 bits per heavy atom. The van der Waals surface area contributed by atoms with Gasteiger partial charge in [0.25, 0.3) is 0 Å². The molecule has 1 heterocycles. The molecule has 0 spiro atoms. The van der Waals surface area contributed by atoms with Crippen molar-refractivity contribution in [1.82, 2.24) is 5.32 Å². The topological polar surface area (TPSA) is 84.6 Å². The first-order chi connectivity index (χ1) is 9.72. The number of amides is 1. The molecule has 1 saturated heterocycles. The van der Waals surface area contributed by atoms with Crippen LogP contribution >= 0.6 is 0 Å². The second-order valence-electron chi connectivity index (χ2n) is 5.14. The van der Waals surface area contributed by atoms with Gasteiger partial charge in [-0.15, -0.1) is 0 Å². The molecule has 5 nitrogen and oxygen atoms in total. The van der Waals surface area contributed by atoms with Crippen molar-refractivity contribution in [2.24, 2.45) is 5.73 Å². The highest BCUT2D eigenvalue weighted by Crippen LogP contribution is 2.19. The zero-order chi connectivity index (χ0) is 14.4. The molecule has 4 N–H and O–H groups in total. The van der Waals surface area contributed by atoms with Gasteiger partial charge in [-0.1, -0.05) is 30.3 Å². The summed E-state index contributed by atoms with van der Waals surface area (Å²) in [5.74, 6) is -0.157. The normalized spacial score (nSPS) is 23.5. The minimum atomic E-state index is -0.437. The Kier molecular flexibility index (Phi) is 5.52. The van der Waals surface area contributed by atoms with Crippen LogP contribution in [-0.2, 0) is 16.0 Å². The van der Waals surface area contributed by atoms with Crippen molar-refractivity contribution >= 4 is 5.91 Å². The standard InChI is InChI=1S/C15H22N2O3/c16-9-13-6-7-14(20-13)15(19)17-12(10-18)8-11-4-2-1-3-5-11/h1-5,12-14,18H,6-10,16H2,(H,17,19)/t12-,13?,14?/m0/s1. The molecule has 2 rings (SSSR count). The summed E-state index contributed by atoms with van der Waals surface area (Å²) in [7, 11) is 0. The Hall–Kier alpha value is -1.43. The molecule has 0 aromatic heterocycles. The van der Waals surface area contributed by atoms with Gasteiger partial charge >= 0.3 is 0 Å². The number of nitrogens with one attached hydrogen (secondary N) is 1. The van der Waals surface area contributed by atoms with Crippen LogP contribution in [0.25, 0.3) is 0 Å². The van der Waals surface area contributed by atoms with Crippen LogP contribution in [-0.4, -0.2) is 42.4 Å². The summed E-state index contributed by atoms with van der Waals surface area (Å²) >= 11 is 0. The molecular formula is C15H22N2O3. The molecule has 1 aromatic rings. The molecule has 0 aliphatic carbocycles. The van der Waals surface area contributed by atoms with E-state index >= 15 is 0 Å². The number of rotatable bonds is 6. The van der Waals surface area contributed by atoms with Gasteiger partial charge in [-0.25, -0.2) is 0 Å². The number of aliphatic hydroxyl groups excluding tert-OH is 1. The van der Waals surface area contributed by atoms with Gasteiger partial charge in [-0.3, -0.25) is 4.79 Å². The summed E-state index contributed by atoms with van der Waals surface area (Å²) in [6.07, 6.45) is 1.66. The smallest absolute Gasteiger partial charge is 0.249 e. The van der Waals surface area contributed by atoms with Crippen LogP contribution in [0.5, 0.6) is 0 Å². The lowest BCUT2D eigenvalue weighted by atomic mass is 10.1. The second-order valence-corrected chi connectivity index (χ2v) is 5.14. The lowest BCUT2D eigenvalue weighted by molar-refractivity contribution is -0.132. The largest absolute Gasteiger partial charge is 0.394 e. The lowest BCUT2D eigenvalue weighted by Crippen LogP contribution is -2.44. The zero-order valence-electron chi connectivity index (χ0n) is 11.5. The molecular weight excluding hydrogens is 256 g/mol. The number of hydrogen-bond acceptors (Lipinski definition) is 4. The van der Waals surface area contributed by atoms with Gasteiger partial charge in [0.15, 0.2) is 0 Å². The molecule has 2 unspecified atom stereocenters. The van der Waals surface area contributed by atoms with Gasteiger partial charge in [0.1, 0.15) is 6.10 Å². The average Bonchev–Trinajstić information content (AvgIpc) is 2.96. The van der Waals surface area contributed by atoms with Gasteiger partial charge in [0.05, 0.1) is 18.8 Å². The molecule has 20 heavy (non-hydrogen) atoms. The number of benzene rings is 1. The summed E-state index contributed by atoms with van der Waals surface area (Å²) in [6.45, 7) is 0.352. The summed E-state index contributed by atoms with van der Waals surface area (Å²) in [5, 5.41) is 12.2. The van der Waals surface area contributed by atoms with E-state index in [9.17, 15) is 9.90 Å². The van der Waals surface area contributed by atoms with Crippen molar-refractivity contribution in [3.05, 3.63) is 35.9 Å². The van der Waals surface area contributed by atoms with E-state index < -0.39 is 6.10 Å². The predicted molar refractivity (Wildman–Crippen MR) is 76.1 cm³/mol. The first-order valence-electron chi connectivity index (χ1n) is 7.03. The summed E-state index contributed by atoms with van der Waals surface area (Å²) in [4.78, 5) is 12.1. The average molecular weight is 278 g/mol. The third-order valence-corrected chi connectivity index (χ3v) is 3.55. The Morgan fingerprint density at radius 1 is 1.40 bits per heavy atom. The Balaban J connectivity index is 1.85. The minimum absolute atomic E-state index is 0.0209. The minimum Gasteiger partial charge on any atom is -0.394 e. The molecule has 5 heteroatoms. The number of nitrogens with two attached hydrogens (primary N) is 1. The molecule has 1 aromatic carbocycles. The van der Waals surface area contributed by atoms with Crippen LogP contribution in [0.15, 0.2) is 30.3 Å². The van der Waals surface area contributed by atoms with Gasteiger partial charge in [-0.05, 0) is 24.8 Å². The van der Waals surface area contributed by atoms with E-state index in [-0.39, 0.29) is 24.7 Å². The van der Waals surface area contributed by atoms with Crippen LogP contribution in [0.4, 0.5) is 0 Å². The van der Waals surface area contributed by atoms with Crippen LogP contribution in [0.1, 0.15) is 18.4 Å². The molecule has 0 radical (unpaired) electrons. The fourth-order valence-electron chi connectivity index (χ4n) is 2.43. The zero-order valence-corrected chi connectivity index (χ0v) is 11.5. The summed E-state index contributed by atoms with van der Waals surface area (Å²) in [6, 6.07) is 9.49. The van der Waals surface area contributed by atoms with E-state index in [0.29, 0.717) is 19.4 Å². The van der Waals surface area contributed by atoms with Gasteiger partial charge in [0, 0.05) is 6.54 Å². The monoisotopic (exact) mass is 278 g/mol. The van der Waals surface area contributed by atoms with E-state index in [4.69, 9.17) is 10.5 Å². The van der Waals surface area contributed by atoms with Crippen molar-refractivity contribution in [2.45, 2.75) is 37.5 Å². The lowest BCUT2D eigenvalue weighted by Gasteiger charge is -2.19. The fourth-order valence-corrected chi connectivity index (χ4v) is 2.43. The van der Waals surface area contributed by atoms with E-state index in [0.717, 1.165) is 12.0 Å². The molecule has 1 aliphatic heterocycles. The van der Waals surface area contributed by atoms with Gasteiger partial charge < -0.3 is 20.9 Å².